The van der Waals surface area contributed by atoms with Gasteiger partial charge in [0, 0.05) is 17.0 Å². The van der Waals surface area contributed by atoms with Gasteiger partial charge < -0.3 is 9.47 Å². The number of hydrogen-bond acceptors (Lipinski definition) is 2. The monoisotopic (exact) mass is 706 g/mol. The smallest absolute Gasteiger partial charge is 0.194 e. The fourth-order valence-corrected chi connectivity index (χ4v) is 9.21. The average molecular weight is 707 g/mol. The van der Waals surface area contributed by atoms with Crippen molar-refractivity contribution in [3.05, 3.63) is 94.6 Å². The summed E-state index contributed by atoms with van der Waals surface area (Å²) in [6.07, 6.45) is 16.9. The Morgan fingerprint density at radius 1 is 0.529 bits per heavy atom. The third-order valence-electron chi connectivity index (χ3n) is 12.9. The van der Waals surface area contributed by atoms with E-state index in [4.69, 9.17) is 9.47 Å². The van der Waals surface area contributed by atoms with Gasteiger partial charge in [0.15, 0.2) is 23.7 Å². The fraction of sp³-hybridized carbons (Fsp3) is 0.600. The van der Waals surface area contributed by atoms with Crippen LogP contribution in [-0.2, 0) is 9.47 Å². The van der Waals surface area contributed by atoms with Crippen molar-refractivity contribution in [2.45, 2.75) is 129 Å². The largest absolute Gasteiger partial charge is 0.348 e. The Bertz CT molecular complexity index is 1500. The van der Waals surface area contributed by atoms with E-state index in [1.54, 1.807) is 6.07 Å². The van der Waals surface area contributed by atoms with Crippen molar-refractivity contribution in [3.63, 3.8) is 0 Å². The topological polar surface area (TPSA) is 18.5 Å². The van der Waals surface area contributed by atoms with E-state index < -0.39 is 23.7 Å². The molecule has 0 spiro atoms. The standard InChI is InChI=1S/C27H35F.C18H23F3O2/c1-3-20-6-10-21(11-7-20)22-12-14-24(15-13-22)26-17-16-25(18-27(26)28)23-8-4-19(2)5-9-23;1-2-11-3-5-12(6-4-11)14-9-22-18(23-10-14)13-7-15(19)17(21)16(20)8-13/h12-21,23H,3-11H2,1-2H3;7-8,11-12,14,18H,2-6,9-10H2,1H3. The van der Waals surface area contributed by atoms with Crippen molar-refractivity contribution in [3.8, 4) is 11.1 Å². The van der Waals surface area contributed by atoms with E-state index in [2.05, 4.69) is 51.1 Å². The highest BCUT2D eigenvalue weighted by atomic mass is 19.2. The molecule has 278 valence electrons. The predicted octanol–water partition coefficient (Wildman–Crippen LogP) is 13.5. The van der Waals surface area contributed by atoms with Crippen LogP contribution in [0, 0.1) is 52.9 Å². The summed E-state index contributed by atoms with van der Waals surface area (Å²) in [7, 11) is 0. The number of rotatable bonds is 7. The molecule has 0 atom stereocenters. The highest BCUT2D eigenvalue weighted by Gasteiger charge is 2.33. The zero-order valence-corrected chi connectivity index (χ0v) is 31.0. The molecule has 0 unspecified atom stereocenters. The summed E-state index contributed by atoms with van der Waals surface area (Å²) < 4.78 is 65.8. The van der Waals surface area contributed by atoms with Crippen molar-refractivity contribution in [1.29, 1.82) is 0 Å². The van der Waals surface area contributed by atoms with Crippen molar-refractivity contribution < 1.29 is 27.0 Å². The van der Waals surface area contributed by atoms with Gasteiger partial charge in [-0.2, -0.15) is 0 Å². The van der Waals surface area contributed by atoms with E-state index in [0.29, 0.717) is 36.9 Å². The summed E-state index contributed by atoms with van der Waals surface area (Å²) in [6.45, 7) is 7.93. The molecule has 7 rings (SSSR count). The van der Waals surface area contributed by atoms with Crippen molar-refractivity contribution in [2.24, 2.45) is 29.6 Å². The van der Waals surface area contributed by atoms with Crippen LogP contribution in [0.4, 0.5) is 17.6 Å². The number of ether oxygens (including phenoxy) is 2. The normalized spacial score (nSPS) is 29.9. The third kappa shape index (κ3) is 9.65. The second-order valence-corrected chi connectivity index (χ2v) is 16.2. The van der Waals surface area contributed by atoms with E-state index in [1.165, 1.54) is 101 Å². The second kappa shape index (κ2) is 17.9. The van der Waals surface area contributed by atoms with Crippen LogP contribution >= 0.6 is 0 Å². The molecule has 3 aliphatic carbocycles. The first-order valence-corrected chi connectivity index (χ1v) is 20.0. The number of benzene rings is 3. The van der Waals surface area contributed by atoms with E-state index in [0.717, 1.165) is 41.0 Å². The summed E-state index contributed by atoms with van der Waals surface area (Å²) in [6, 6.07) is 16.6. The maximum Gasteiger partial charge on any atom is 0.194 e. The lowest BCUT2D eigenvalue weighted by molar-refractivity contribution is -0.215. The highest BCUT2D eigenvalue weighted by molar-refractivity contribution is 5.65. The van der Waals surface area contributed by atoms with E-state index in [1.807, 2.05) is 6.07 Å². The van der Waals surface area contributed by atoms with Gasteiger partial charge in [0.25, 0.3) is 0 Å². The van der Waals surface area contributed by atoms with Gasteiger partial charge in [-0.25, -0.2) is 17.6 Å². The lowest BCUT2D eigenvalue weighted by Crippen LogP contribution is -2.34. The van der Waals surface area contributed by atoms with Crippen molar-refractivity contribution in [2.75, 3.05) is 13.2 Å². The molecule has 6 heteroatoms. The maximum absolute atomic E-state index is 14.9. The van der Waals surface area contributed by atoms with Crippen LogP contribution in [-0.4, -0.2) is 13.2 Å². The molecule has 3 aromatic rings. The minimum Gasteiger partial charge on any atom is -0.348 e. The first-order chi connectivity index (χ1) is 24.7. The molecule has 0 bridgehead atoms. The van der Waals surface area contributed by atoms with Gasteiger partial charge in [-0.1, -0.05) is 95.7 Å². The molecule has 4 fully saturated rings. The van der Waals surface area contributed by atoms with Crippen LogP contribution in [0.1, 0.15) is 145 Å². The van der Waals surface area contributed by atoms with Crippen LogP contribution in [0.25, 0.3) is 11.1 Å². The van der Waals surface area contributed by atoms with Crippen molar-refractivity contribution in [1.82, 2.24) is 0 Å². The zero-order chi connectivity index (χ0) is 35.9. The van der Waals surface area contributed by atoms with E-state index >= 15 is 0 Å². The minimum absolute atomic E-state index is 0.0627. The summed E-state index contributed by atoms with van der Waals surface area (Å²) in [5.74, 6) is 0.806. The Morgan fingerprint density at radius 3 is 1.57 bits per heavy atom. The molecule has 0 aromatic heterocycles. The molecule has 0 radical (unpaired) electrons. The maximum atomic E-state index is 14.9. The van der Waals surface area contributed by atoms with Crippen molar-refractivity contribution >= 4 is 0 Å². The number of halogens is 4. The van der Waals surface area contributed by atoms with Crippen LogP contribution in [0.15, 0.2) is 54.6 Å². The SMILES string of the molecule is CCC1CCC(C2COC(c3cc(F)c(F)c(F)c3)OC2)CC1.CCC1CCC(c2ccc(-c3ccc(C4CCC(C)CC4)cc3F)cc2)CC1. The van der Waals surface area contributed by atoms with Gasteiger partial charge in [-0.3, -0.25) is 0 Å². The Kier molecular flexibility index (Phi) is 13.3. The molecule has 1 heterocycles. The molecule has 3 aromatic carbocycles. The molecule has 1 saturated heterocycles. The van der Waals surface area contributed by atoms with Gasteiger partial charge in [0.05, 0.1) is 13.2 Å². The Labute approximate surface area is 303 Å². The molecule has 0 N–H and O–H groups in total. The minimum atomic E-state index is -1.46. The Hall–Kier alpha value is -2.70. The number of hydrogen-bond donors (Lipinski definition) is 0. The summed E-state index contributed by atoms with van der Waals surface area (Å²) in [5.41, 5.74) is 4.57. The van der Waals surface area contributed by atoms with Crippen LogP contribution in [0.3, 0.4) is 0 Å². The molecular formula is C45H58F4O2. The lowest BCUT2D eigenvalue weighted by atomic mass is 9.75. The Morgan fingerprint density at radius 2 is 1.02 bits per heavy atom. The molecule has 1 aliphatic heterocycles. The van der Waals surface area contributed by atoms with Gasteiger partial charge in [0.2, 0.25) is 0 Å². The Balaban J connectivity index is 0.000000179. The molecule has 51 heavy (non-hydrogen) atoms. The van der Waals surface area contributed by atoms with Gasteiger partial charge in [-0.05, 0) is 122 Å². The molecular weight excluding hydrogens is 648 g/mol. The molecule has 0 amide bonds. The first-order valence-electron chi connectivity index (χ1n) is 20.0. The molecule has 2 nitrogen and oxygen atoms in total. The second-order valence-electron chi connectivity index (χ2n) is 16.2. The predicted molar refractivity (Wildman–Crippen MR) is 197 cm³/mol. The van der Waals surface area contributed by atoms with Gasteiger partial charge in [-0.15, -0.1) is 0 Å². The molecule has 4 aliphatic rings. The zero-order valence-electron chi connectivity index (χ0n) is 31.0. The first kappa shape index (κ1) is 38.0. The van der Waals surface area contributed by atoms with Crippen LogP contribution < -0.4 is 0 Å². The van der Waals surface area contributed by atoms with Crippen LogP contribution in [0.2, 0.25) is 0 Å². The van der Waals surface area contributed by atoms with Gasteiger partial charge in [0.1, 0.15) is 5.82 Å². The van der Waals surface area contributed by atoms with Crippen LogP contribution in [0.5, 0.6) is 0 Å². The quantitative estimate of drug-likeness (QED) is 0.180. The highest BCUT2D eigenvalue weighted by Crippen LogP contribution is 2.40. The average Bonchev–Trinajstić information content (AvgIpc) is 3.17. The van der Waals surface area contributed by atoms with E-state index in [-0.39, 0.29) is 11.4 Å². The summed E-state index contributed by atoms with van der Waals surface area (Å²) in [5, 5.41) is 0. The summed E-state index contributed by atoms with van der Waals surface area (Å²) in [4.78, 5) is 0. The van der Waals surface area contributed by atoms with E-state index in [9.17, 15) is 17.6 Å². The fourth-order valence-electron chi connectivity index (χ4n) is 9.21. The summed E-state index contributed by atoms with van der Waals surface area (Å²) >= 11 is 0. The van der Waals surface area contributed by atoms with Gasteiger partial charge >= 0.3 is 0 Å². The molecule has 3 saturated carbocycles. The third-order valence-corrected chi connectivity index (χ3v) is 12.9. The lowest BCUT2D eigenvalue weighted by Gasteiger charge is -2.37.